The second-order valence-electron chi connectivity index (χ2n) is 11.3. The van der Waals surface area contributed by atoms with Gasteiger partial charge in [0.2, 0.25) is 5.91 Å². The Morgan fingerprint density at radius 3 is 2.37 bits per heavy atom. The molecule has 1 N–H and O–H groups in total. The highest BCUT2D eigenvalue weighted by Gasteiger charge is 2.26. The van der Waals surface area contributed by atoms with E-state index < -0.39 is 5.41 Å². The number of likely N-dealkylation sites (N-methyl/N-ethyl adjacent to an activating group) is 1. The second kappa shape index (κ2) is 16.8. The highest BCUT2D eigenvalue weighted by molar-refractivity contribution is 5.84. The number of nitrogens with zero attached hydrogens (tertiary/aromatic N) is 1. The lowest BCUT2D eigenvalue weighted by Crippen LogP contribution is -2.26. The quantitative estimate of drug-likeness (QED) is 0.187. The summed E-state index contributed by atoms with van der Waals surface area (Å²) in [6.07, 6.45) is 8.67. The lowest BCUT2D eigenvalue weighted by atomic mass is 9.82. The van der Waals surface area contributed by atoms with Crippen molar-refractivity contribution < 1.29 is 14.3 Å². The number of Topliss-reactive ketones (excluding diaryl/α,β-unsaturated/α-hetero) is 1. The largest absolute Gasteiger partial charge is 0.376 e. The van der Waals surface area contributed by atoms with Gasteiger partial charge in [0, 0.05) is 44.8 Å². The van der Waals surface area contributed by atoms with Gasteiger partial charge in [-0.05, 0) is 50.9 Å². The van der Waals surface area contributed by atoms with Crippen LogP contribution in [-0.4, -0.2) is 43.8 Å². The van der Waals surface area contributed by atoms with Crippen molar-refractivity contribution in [3.05, 3.63) is 83.1 Å². The highest BCUT2D eigenvalue weighted by Crippen LogP contribution is 2.27. The minimum absolute atomic E-state index is 0.0375. The van der Waals surface area contributed by atoms with E-state index in [2.05, 4.69) is 50.0 Å². The fraction of sp³-hybridized carbons (Fsp3) is 0.515. The van der Waals surface area contributed by atoms with E-state index in [9.17, 15) is 9.59 Å². The van der Waals surface area contributed by atoms with Crippen LogP contribution in [0.5, 0.6) is 0 Å². The van der Waals surface area contributed by atoms with Crippen molar-refractivity contribution in [3.63, 3.8) is 0 Å². The van der Waals surface area contributed by atoms with Crippen molar-refractivity contribution in [3.8, 4) is 0 Å². The fourth-order valence-corrected chi connectivity index (χ4v) is 4.10. The average molecular weight is 523 g/mol. The van der Waals surface area contributed by atoms with Crippen molar-refractivity contribution in [1.82, 2.24) is 10.2 Å². The van der Waals surface area contributed by atoms with Gasteiger partial charge in [-0.2, -0.15) is 0 Å². The molecule has 0 radical (unpaired) electrons. The summed E-state index contributed by atoms with van der Waals surface area (Å²) in [6, 6.07) is 10.1. The first-order valence-corrected chi connectivity index (χ1v) is 13.6. The Morgan fingerprint density at radius 2 is 1.79 bits per heavy atom. The Kier molecular flexibility index (Phi) is 14.7. The van der Waals surface area contributed by atoms with E-state index in [0.717, 1.165) is 24.1 Å². The first-order valence-electron chi connectivity index (χ1n) is 13.6. The summed E-state index contributed by atoms with van der Waals surface area (Å²) >= 11 is 0. The van der Waals surface area contributed by atoms with Gasteiger partial charge in [0.05, 0.1) is 13.2 Å². The zero-order valence-electron chi connectivity index (χ0n) is 25.0. The standard InChI is InChI=1S/C33H50N2O3/c1-10-14-29(26(3)17-18-32(37)34-8)22-35(9)21-25(2)19-27(4)30(20-31(36)33(5,6)7)24-38-23-28-15-12-11-13-16-28/h10-16,21,30H,4,17-20,22-24H2,1-3,5-9H3,(H,34,37)/b14-10-,25-21+,29-26-. The average Bonchev–Trinajstić information content (AvgIpc) is 2.85. The number of ketones is 1. The van der Waals surface area contributed by atoms with Crippen molar-refractivity contribution in [2.24, 2.45) is 11.3 Å². The molecule has 5 heteroatoms. The Labute approximate surface area is 231 Å². The van der Waals surface area contributed by atoms with Gasteiger partial charge in [-0.25, -0.2) is 0 Å². The SMILES string of the molecule is C=C(C/C(C)=C/N(C)CC(/C=C\C)=C(/C)CCC(=O)NC)C(COCc1ccccc1)CC(=O)C(C)(C)C. The molecule has 0 aromatic heterocycles. The third kappa shape index (κ3) is 13.0. The lowest BCUT2D eigenvalue weighted by Gasteiger charge is -2.25. The molecule has 1 amide bonds. The molecule has 0 aliphatic heterocycles. The zero-order valence-corrected chi connectivity index (χ0v) is 25.0. The van der Waals surface area contributed by atoms with Crippen molar-refractivity contribution >= 4 is 11.7 Å². The van der Waals surface area contributed by atoms with Crippen LogP contribution in [0, 0.1) is 11.3 Å². The minimum atomic E-state index is -0.395. The number of hydrogen-bond acceptors (Lipinski definition) is 4. The maximum absolute atomic E-state index is 12.9. The number of amides is 1. The van der Waals surface area contributed by atoms with Crippen LogP contribution in [0.4, 0.5) is 0 Å². The number of ether oxygens (including phenoxy) is 1. The van der Waals surface area contributed by atoms with E-state index in [1.807, 2.05) is 64.1 Å². The van der Waals surface area contributed by atoms with Gasteiger partial charge in [-0.15, -0.1) is 0 Å². The molecule has 0 saturated heterocycles. The first kappa shape index (κ1) is 33.1. The molecule has 0 fully saturated rings. The summed E-state index contributed by atoms with van der Waals surface area (Å²) in [5.41, 5.74) is 5.34. The van der Waals surface area contributed by atoms with Gasteiger partial charge in [-0.1, -0.05) is 86.6 Å². The third-order valence-corrected chi connectivity index (χ3v) is 6.56. The lowest BCUT2D eigenvalue weighted by molar-refractivity contribution is -0.127. The normalized spacial score (nSPS) is 13.7. The summed E-state index contributed by atoms with van der Waals surface area (Å²) in [5, 5.41) is 2.69. The molecule has 0 heterocycles. The summed E-state index contributed by atoms with van der Waals surface area (Å²) in [7, 11) is 3.73. The van der Waals surface area contributed by atoms with Gasteiger partial charge < -0.3 is 15.0 Å². The molecule has 1 rings (SSSR count). The van der Waals surface area contributed by atoms with Gasteiger partial charge in [0.1, 0.15) is 5.78 Å². The first-order chi connectivity index (χ1) is 17.9. The number of carbonyl (C=O) groups is 2. The Hall–Kier alpha value is -2.92. The van der Waals surface area contributed by atoms with Crippen LogP contribution in [0.1, 0.15) is 72.8 Å². The van der Waals surface area contributed by atoms with Gasteiger partial charge in [-0.3, -0.25) is 9.59 Å². The maximum atomic E-state index is 12.9. The fourth-order valence-electron chi connectivity index (χ4n) is 4.10. The van der Waals surface area contributed by atoms with E-state index >= 15 is 0 Å². The Balaban J connectivity index is 2.89. The van der Waals surface area contributed by atoms with Gasteiger partial charge in [0.15, 0.2) is 0 Å². The van der Waals surface area contributed by atoms with Crippen LogP contribution in [0.25, 0.3) is 0 Å². The van der Waals surface area contributed by atoms with E-state index in [0.29, 0.717) is 32.5 Å². The van der Waals surface area contributed by atoms with Crippen molar-refractivity contribution in [2.75, 3.05) is 27.2 Å². The number of hydrogen-bond donors (Lipinski definition) is 1. The summed E-state index contributed by atoms with van der Waals surface area (Å²) in [4.78, 5) is 26.7. The predicted octanol–water partition coefficient (Wildman–Crippen LogP) is 7.03. The van der Waals surface area contributed by atoms with Crippen LogP contribution in [-0.2, 0) is 20.9 Å². The zero-order chi connectivity index (χ0) is 28.7. The van der Waals surface area contributed by atoms with Crippen LogP contribution in [0.15, 0.2) is 77.6 Å². The van der Waals surface area contributed by atoms with Gasteiger partial charge >= 0.3 is 0 Å². The van der Waals surface area contributed by atoms with Crippen LogP contribution in [0.3, 0.4) is 0 Å². The van der Waals surface area contributed by atoms with E-state index in [1.165, 1.54) is 16.7 Å². The topological polar surface area (TPSA) is 58.6 Å². The molecule has 0 spiro atoms. The predicted molar refractivity (Wildman–Crippen MR) is 160 cm³/mol. The smallest absolute Gasteiger partial charge is 0.220 e. The molecule has 1 aromatic rings. The van der Waals surface area contributed by atoms with E-state index in [-0.39, 0.29) is 17.6 Å². The van der Waals surface area contributed by atoms with Crippen LogP contribution >= 0.6 is 0 Å². The molecular formula is C33H50N2O3. The number of nitrogens with one attached hydrogen (secondary N) is 1. The molecule has 210 valence electrons. The van der Waals surface area contributed by atoms with Crippen molar-refractivity contribution in [2.45, 2.75) is 73.8 Å². The summed E-state index contributed by atoms with van der Waals surface area (Å²) < 4.78 is 6.05. The van der Waals surface area contributed by atoms with E-state index in [1.54, 1.807) is 7.05 Å². The molecule has 1 aromatic carbocycles. The molecule has 1 atom stereocenters. The van der Waals surface area contributed by atoms with Gasteiger partial charge in [0.25, 0.3) is 0 Å². The molecular weight excluding hydrogens is 472 g/mol. The number of carbonyl (C=O) groups excluding carboxylic acids is 2. The molecule has 0 saturated carbocycles. The Bertz CT molecular complexity index is 997. The highest BCUT2D eigenvalue weighted by atomic mass is 16.5. The summed E-state index contributed by atoms with van der Waals surface area (Å²) in [5.74, 6) is 0.239. The molecule has 0 bridgehead atoms. The molecule has 0 aliphatic rings. The number of allylic oxidation sites excluding steroid dienone is 3. The monoisotopic (exact) mass is 522 g/mol. The number of rotatable bonds is 16. The minimum Gasteiger partial charge on any atom is -0.376 e. The Morgan fingerprint density at radius 1 is 1.13 bits per heavy atom. The van der Waals surface area contributed by atoms with Crippen molar-refractivity contribution in [1.29, 1.82) is 0 Å². The van der Waals surface area contributed by atoms with E-state index in [4.69, 9.17) is 4.74 Å². The summed E-state index contributed by atoms with van der Waals surface area (Å²) in [6.45, 7) is 18.2. The second-order valence-corrected chi connectivity index (χ2v) is 11.3. The van der Waals surface area contributed by atoms with Crippen LogP contribution < -0.4 is 5.32 Å². The number of benzene rings is 1. The third-order valence-electron chi connectivity index (χ3n) is 6.56. The molecule has 38 heavy (non-hydrogen) atoms. The molecule has 1 unspecified atom stereocenters. The maximum Gasteiger partial charge on any atom is 0.220 e. The van der Waals surface area contributed by atoms with Crippen LogP contribution in [0.2, 0.25) is 0 Å². The molecule has 5 nitrogen and oxygen atoms in total. The molecule has 0 aliphatic carbocycles.